The van der Waals surface area contributed by atoms with Gasteiger partial charge in [-0.15, -0.1) is 0 Å². The molecule has 0 aliphatic carbocycles. The third kappa shape index (κ3) is 2.80. The van der Waals surface area contributed by atoms with Crippen molar-refractivity contribution >= 4 is 8.32 Å². The number of hydrogen-bond acceptors (Lipinski definition) is 3. The van der Waals surface area contributed by atoms with Crippen LogP contribution in [0.3, 0.4) is 0 Å². The lowest BCUT2D eigenvalue weighted by Crippen LogP contribution is -2.46. The molecule has 0 radical (unpaired) electrons. The average molecular weight is 226 g/mol. The van der Waals surface area contributed by atoms with Gasteiger partial charge in [-0.25, -0.2) is 0 Å². The fourth-order valence-electron chi connectivity index (χ4n) is 1.49. The van der Waals surface area contributed by atoms with Gasteiger partial charge in [0.05, 0.1) is 12.2 Å². The zero-order chi connectivity index (χ0) is 11.7. The molecule has 15 heavy (non-hydrogen) atoms. The van der Waals surface area contributed by atoms with Crippen molar-refractivity contribution in [3.05, 3.63) is 0 Å². The molecular formula is C11H22N2OSi. The van der Waals surface area contributed by atoms with Crippen molar-refractivity contribution < 1.29 is 4.43 Å². The highest BCUT2D eigenvalue weighted by Crippen LogP contribution is 2.38. The molecule has 0 aromatic carbocycles. The highest BCUT2D eigenvalue weighted by atomic mass is 28.4. The van der Waals surface area contributed by atoms with Crippen LogP contribution in [0.2, 0.25) is 18.1 Å². The Morgan fingerprint density at radius 2 is 2.00 bits per heavy atom. The second-order valence-electron chi connectivity index (χ2n) is 5.77. The van der Waals surface area contributed by atoms with Crippen LogP contribution < -0.4 is 5.32 Å². The molecule has 1 N–H and O–H groups in total. The van der Waals surface area contributed by atoms with Crippen LogP contribution in [0, 0.1) is 11.3 Å². The largest absolute Gasteiger partial charge is 0.411 e. The number of nitriles is 1. The summed E-state index contributed by atoms with van der Waals surface area (Å²) in [6.45, 7) is 12.0. The third-order valence-corrected chi connectivity index (χ3v) is 8.06. The summed E-state index contributed by atoms with van der Waals surface area (Å²) in [6, 6.07) is 2.16. The predicted molar refractivity (Wildman–Crippen MR) is 64.1 cm³/mol. The van der Waals surface area contributed by atoms with E-state index in [1.54, 1.807) is 0 Å². The fraction of sp³-hybridized carbons (Fsp3) is 0.909. The van der Waals surface area contributed by atoms with Crippen LogP contribution in [0.1, 0.15) is 27.2 Å². The molecule has 1 aliphatic rings. The number of nitrogens with one attached hydrogen (secondary N) is 1. The summed E-state index contributed by atoms with van der Waals surface area (Å²) in [5.41, 5.74) is 0. The molecule has 0 aromatic heterocycles. The van der Waals surface area contributed by atoms with Crippen molar-refractivity contribution in [2.45, 2.75) is 57.5 Å². The Morgan fingerprint density at radius 3 is 2.47 bits per heavy atom. The van der Waals surface area contributed by atoms with Crippen molar-refractivity contribution in [1.82, 2.24) is 5.32 Å². The highest BCUT2D eigenvalue weighted by Gasteiger charge is 2.41. The van der Waals surface area contributed by atoms with E-state index in [0.29, 0.717) is 0 Å². The number of nitrogens with zero attached hydrogens (tertiary/aromatic N) is 1. The molecule has 4 heteroatoms. The molecule has 0 amide bonds. The minimum atomic E-state index is -1.72. The monoisotopic (exact) mass is 226 g/mol. The van der Waals surface area contributed by atoms with E-state index in [2.05, 4.69) is 45.3 Å². The Balaban J connectivity index is 2.66. The summed E-state index contributed by atoms with van der Waals surface area (Å²) < 4.78 is 6.22. The van der Waals surface area contributed by atoms with E-state index >= 15 is 0 Å². The average Bonchev–Trinajstić information content (AvgIpc) is 2.48. The van der Waals surface area contributed by atoms with E-state index in [4.69, 9.17) is 9.69 Å². The summed E-state index contributed by atoms with van der Waals surface area (Å²) in [7, 11) is -1.72. The number of hydrogen-bond donors (Lipinski definition) is 1. The van der Waals surface area contributed by atoms with Gasteiger partial charge in [0, 0.05) is 0 Å². The van der Waals surface area contributed by atoms with Crippen LogP contribution in [0.25, 0.3) is 0 Å². The van der Waals surface area contributed by atoms with Crippen LogP contribution >= 0.6 is 0 Å². The molecule has 1 heterocycles. The van der Waals surface area contributed by atoms with Crippen LogP contribution in [-0.4, -0.2) is 27.0 Å². The van der Waals surface area contributed by atoms with Gasteiger partial charge in [0.1, 0.15) is 6.04 Å². The van der Waals surface area contributed by atoms with Crippen LogP contribution in [0.15, 0.2) is 0 Å². The van der Waals surface area contributed by atoms with Gasteiger partial charge in [-0.1, -0.05) is 20.8 Å². The SMILES string of the molecule is CC(C)(C)[Si](C)(C)O[C@H]1CCN[C@H]1C#N. The van der Waals surface area contributed by atoms with E-state index in [-0.39, 0.29) is 17.2 Å². The highest BCUT2D eigenvalue weighted by molar-refractivity contribution is 6.74. The Kier molecular flexibility index (Phi) is 3.59. The molecule has 3 nitrogen and oxygen atoms in total. The third-order valence-electron chi connectivity index (χ3n) is 3.56. The van der Waals surface area contributed by atoms with Crippen LogP contribution in [0.5, 0.6) is 0 Å². The van der Waals surface area contributed by atoms with E-state index in [1.807, 2.05) is 0 Å². The van der Waals surface area contributed by atoms with Gasteiger partial charge >= 0.3 is 0 Å². The first kappa shape index (κ1) is 12.7. The molecule has 0 spiro atoms. The predicted octanol–water partition coefficient (Wildman–Crippen LogP) is 2.26. The van der Waals surface area contributed by atoms with Crippen molar-refractivity contribution in [2.75, 3.05) is 6.54 Å². The van der Waals surface area contributed by atoms with Crippen molar-refractivity contribution in [3.63, 3.8) is 0 Å². The topological polar surface area (TPSA) is 45.0 Å². The standard InChI is InChI=1S/C11H22N2OSi/c1-11(2,3)15(4,5)14-10-6-7-13-9(10)8-12/h9-10,13H,6-7H2,1-5H3/t9-,10-/m0/s1. The van der Waals surface area contributed by atoms with Crippen molar-refractivity contribution in [1.29, 1.82) is 5.26 Å². The minimum absolute atomic E-state index is 0.0934. The number of rotatable bonds is 2. The smallest absolute Gasteiger partial charge is 0.192 e. The van der Waals surface area contributed by atoms with Gasteiger partial charge in [-0.2, -0.15) is 5.26 Å². The maximum absolute atomic E-state index is 8.96. The molecule has 0 saturated carbocycles. The molecule has 1 saturated heterocycles. The van der Waals surface area contributed by atoms with Gasteiger partial charge in [0.15, 0.2) is 8.32 Å². The van der Waals surface area contributed by atoms with Crippen molar-refractivity contribution in [2.24, 2.45) is 0 Å². The normalized spacial score (nSPS) is 27.7. The Labute approximate surface area is 93.9 Å². The van der Waals surface area contributed by atoms with Crippen LogP contribution in [-0.2, 0) is 4.43 Å². The molecule has 0 aromatic rings. The summed E-state index contributed by atoms with van der Waals surface area (Å²) in [5.74, 6) is 0. The fourth-order valence-corrected chi connectivity index (χ4v) is 2.85. The zero-order valence-corrected chi connectivity index (χ0v) is 11.4. The molecule has 2 atom stereocenters. The van der Waals surface area contributed by atoms with E-state index < -0.39 is 8.32 Å². The lowest BCUT2D eigenvalue weighted by Gasteiger charge is -2.38. The second-order valence-corrected chi connectivity index (χ2v) is 10.5. The maximum atomic E-state index is 8.96. The van der Waals surface area contributed by atoms with Gasteiger partial charge in [0.2, 0.25) is 0 Å². The second kappa shape index (κ2) is 4.24. The quantitative estimate of drug-likeness (QED) is 0.735. The van der Waals surface area contributed by atoms with Crippen molar-refractivity contribution in [3.8, 4) is 6.07 Å². The van der Waals surface area contributed by atoms with E-state index in [0.717, 1.165) is 13.0 Å². The Bertz CT molecular complexity index is 265. The van der Waals surface area contributed by atoms with Gasteiger partial charge in [0.25, 0.3) is 0 Å². The van der Waals surface area contributed by atoms with Gasteiger partial charge < -0.3 is 4.43 Å². The maximum Gasteiger partial charge on any atom is 0.192 e. The first-order valence-corrected chi connectivity index (χ1v) is 8.49. The van der Waals surface area contributed by atoms with Crippen LogP contribution in [0.4, 0.5) is 0 Å². The molecule has 86 valence electrons. The first-order valence-electron chi connectivity index (χ1n) is 5.59. The van der Waals surface area contributed by atoms with E-state index in [1.165, 1.54) is 0 Å². The summed E-state index contributed by atoms with van der Waals surface area (Å²) >= 11 is 0. The molecular weight excluding hydrogens is 204 g/mol. The zero-order valence-electron chi connectivity index (χ0n) is 10.4. The van der Waals surface area contributed by atoms with Gasteiger partial charge in [-0.3, -0.25) is 5.32 Å². The molecule has 0 bridgehead atoms. The molecule has 1 rings (SSSR count). The van der Waals surface area contributed by atoms with E-state index in [9.17, 15) is 0 Å². The Hall–Kier alpha value is -0.373. The first-order chi connectivity index (χ1) is 6.78. The van der Waals surface area contributed by atoms with Gasteiger partial charge in [-0.05, 0) is 31.1 Å². The summed E-state index contributed by atoms with van der Waals surface area (Å²) in [6.07, 6.45) is 1.06. The Morgan fingerprint density at radius 1 is 1.40 bits per heavy atom. The molecule has 1 fully saturated rings. The molecule has 1 aliphatic heterocycles. The lowest BCUT2D eigenvalue weighted by atomic mass is 10.2. The molecule has 0 unspecified atom stereocenters. The summed E-state index contributed by atoms with van der Waals surface area (Å²) in [5, 5.41) is 12.3. The minimum Gasteiger partial charge on any atom is -0.411 e. The lowest BCUT2D eigenvalue weighted by molar-refractivity contribution is 0.182. The summed E-state index contributed by atoms with van der Waals surface area (Å²) in [4.78, 5) is 0.